The first-order chi connectivity index (χ1) is 13.5. The predicted octanol–water partition coefficient (Wildman–Crippen LogP) is 3.18. The Morgan fingerprint density at radius 3 is 2.36 bits per heavy atom. The zero-order valence-electron chi connectivity index (χ0n) is 14.1. The van der Waals surface area contributed by atoms with Crippen molar-refractivity contribution in [2.75, 3.05) is 11.5 Å². The fourth-order valence-corrected chi connectivity index (χ4v) is 3.58. The van der Waals surface area contributed by atoms with Gasteiger partial charge in [0.05, 0.1) is 10.4 Å². The lowest BCUT2D eigenvalue weighted by Crippen LogP contribution is -2.11. The zero-order chi connectivity index (χ0) is 19.8. The molecule has 0 saturated carbocycles. The Labute approximate surface area is 161 Å². The summed E-state index contributed by atoms with van der Waals surface area (Å²) in [6.45, 7) is 0. The van der Waals surface area contributed by atoms with Gasteiger partial charge in [-0.05, 0) is 18.2 Å². The lowest BCUT2D eigenvalue weighted by Gasteiger charge is -2.05. The number of nitrogens with zero attached hydrogens (tertiary/aromatic N) is 5. The lowest BCUT2D eigenvalue weighted by molar-refractivity contribution is -0.383. The molecule has 0 spiro atoms. The van der Waals surface area contributed by atoms with Crippen LogP contribution < -0.4 is 11.5 Å². The molecule has 2 aromatic heterocycles. The molecule has 4 aromatic rings. The summed E-state index contributed by atoms with van der Waals surface area (Å²) in [6.07, 6.45) is 0. The molecule has 0 aliphatic rings. The van der Waals surface area contributed by atoms with Crippen molar-refractivity contribution < 1.29 is 9.31 Å². The molecule has 4 N–H and O–H groups in total. The number of nitro groups is 1. The molecule has 4 rings (SSSR count). The molecule has 0 saturated heterocycles. The fraction of sp³-hybridized carbons (Fsp3) is 0. The van der Waals surface area contributed by atoms with Gasteiger partial charge in [0.1, 0.15) is 10.8 Å². The number of nitrogens with two attached hydrogens (primary N) is 2. The van der Waals surface area contributed by atoms with Crippen LogP contribution in [0.4, 0.5) is 21.7 Å². The summed E-state index contributed by atoms with van der Waals surface area (Å²) in [6, 6.07) is 13.5. The molecule has 0 unspecified atom stereocenters. The van der Waals surface area contributed by atoms with Crippen LogP contribution in [0.5, 0.6) is 0 Å². The number of fused-ring (bicyclic) bond motifs is 1. The third kappa shape index (κ3) is 2.97. The Hall–Kier alpha value is -3.73. The van der Waals surface area contributed by atoms with Gasteiger partial charge in [0.25, 0.3) is 5.95 Å². The molecule has 0 fully saturated rings. The summed E-state index contributed by atoms with van der Waals surface area (Å²) in [5.74, 6) is -1.12. The molecule has 2 aromatic carbocycles. The molecule has 0 atom stereocenters. The second-order valence-electron chi connectivity index (χ2n) is 5.67. The fourth-order valence-electron chi connectivity index (χ4n) is 2.66. The minimum absolute atomic E-state index is 0.0165. The summed E-state index contributed by atoms with van der Waals surface area (Å²) in [4.78, 5) is 18.7. The van der Waals surface area contributed by atoms with E-state index in [0.717, 1.165) is 17.1 Å². The topological polar surface area (TPSA) is 139 Å². The minimum Gasteiger partial charge on any atom is -0.378 e. The van der Waals surface area contributed by atoms with Crippen LogP contribution >= 0.6 is 11.8 Å². The van der Waals surface area contributed by atoms with Crippen LogP contribution in [0.2, 0.25) is 0 Å². The molecule has 11 heteroatoms. The lowest BCUT2D eigenvalue weighted by atomic mass is 10.2. The Morgan fingerprint density at radius 1 is 1.04 bits per heavy atom. The summed E-state index contributed by atoms with van der Waals surface area (Å²) in [7, 11) is 0. The van der Waals surface area contributed by atoms with E-state index in [1.807, 2.05) is 12.1 Å². The quantitative estimate of drug-likeness (QED) is 0.395. The number of hydrogen-bond donors (Lipinski definition) is 2. The molecule has 0 aliphatic heterocycles. The Kier molecular flexibility index (Phi) is 4.28. The maximum atomic E-state index is 14.1. The highest BCUT2D eigenvalue weighted by atomic mass is 32.2. The van der Waals surface area contributed by atoms with Crippen molar-refractivity contribution in [2.45, 2.75) is 9.92 Å². The van der Waals surface area contributed by atoms with Crippen LogP contribution in [0.3, 0.4) is 0 Å². The summed E-state index contributed by atoms with van der Waals surface area (Å²) < 4.78 is 15.4. The van der Waals surface area contributed by atoms with E-state index in [9.17, 15) is 14.5 Å². The van der Waals surface area contributed by atoms with Crippen molar-refractivity contribution in [1.82, 2.24) is 19.7 Å². The number of halogens is 1. The van der Waals surface area contributed by atoms with Crippen molar-refractivity contribution >= 4 is 40.0 Å². The van der Waals surface area contributed by atoms with Crippen LogP contribution in [0.1, 0.15) is 0 Å². The third-order valence-corrected chi connectivity index (χ3v) is 4.94. The molecule has 140 valence electrons. The molecule has 2 heterocycles. The number of rotatable bonds is 4. The first kappa shape index (κ1) is 17.7. The number of aromatic nitrogens is 4. The smallest absolute Gasteiger partial charge is 0.352 e. The van der Waals surface area contributed by atoms with Gasteiger partial charge in [-0.15, -0.1) is 0 Å². The second kappa shape index (κ2) is 6.78. The zero-order valence-corrected chi connectivity index (χ0v) is 14.9. The van der Waals surface area contributed by atoms with E-state index >= 15 is 0 Å². The molecule has 0 amide bonds. The monoisotopic (exact) mass is 397 g/mol. The maximum absolute atomic E-state index is 14.1. The molecule has 0 aliphatic carbocycles. The van der Waals surface area contributed by atoms with Crippen molar-refractivity contribution in [2.24, 2.45) is 0 Å². The van der Waals surface area contributed by atoms with Gasteiger partial charge >= 0.3 is 5.69 Å². The number of hydrogen-bond acceptors (Lipinski definition) is 8. The highest BCUT2D eigenvalue weighted by Gasteiger charge is 2.23. The molecule has 9 nitrogen and oxygen atoms in total. The minimum atomic E-state index is -0.741. The normalized spacial score (nSPS) is 11.0. The van der Waals surface area contributed by atoms with Gasteiger partial charge in [0.2, 0.25) is 11.6 Å². The van der Waals surface area contributed by atoms with E-state index in [0.29, 0.717) is 15.4 Å². The first-order valence-corrected chi connectivity index (χ1v) is 8.75. The summed E-state index contributed by atoms with van der Waals surface area (Å²) in [5, 5.41) is 16.8. The Bertz CT molecular complexity index is 1200. The molecule has 28 heavy (non-hydrogen) atoms. The van der Waals surface area contributed by atoms with E-state index in [1.54, 1.807) is 30.3 Å². The van der Waals surface area contributed by atoms with Crippen LogP contribution in [0, 0.1) is 15.9 Å². The van der Waals surface area contributed by atoms with Crippen molar-refractivity contribution in [3.8, 4) is 5.95 Å². The van der Waals surface area contributed by atoms with E-state index in [1.165, 1.54) is 10.7 Å². The SMILES string of the molecule is Nc1nc(-n2nc(Sc3ccccc3F)c3ccccc32)nc(N)c1[N+](=O)[O-]. The second-order valence-corrected chi connectivity index (χ2v) is 6.70. The van der Waals surface area contributed by atoms with Gasteiger partial charge < -0.3 is 11.5 Å². The van der Waals surface area contributed by atoms with Gasteiger partial charge in [-0.1, -0.05) is 42.1 Å². The molecule has 0 bridgehead atoms. The molecule has 0 radical (unpaired) electrons. The summed E-state index contributed by atoms with van der Waals surface area (Å²) >= 11 is 1.14. The Balaban J connectivity index is 1.88. The van der Waals surface area contributed by atoms with Gasteiger partial charge in [0, 0.05) is 10.3 Å². The van der Waals surface area contributed by atoms with Crippen molar-refractivity contribution in [3.63, 3.8) is 0 Å². The number of nitrogen functional groups attached to an aromatic ring is 2. The number of benzene rings is 2. The predicted molar refractivity (Wildman–Crippen MR) is 103 cm³/mol. The van der Waals surface area contributed by atoms with E-state index in [4.69, 9.17) is 11.5 Å². The van der Waals surface area contributed by atoms with Crippen LogP contribution in [0.25, 0.3) is 16.9 Å². The number of anilines is 2. The standard InChI is InChI=1S/C17H12FN7O2S/c18-10-6-2-4-8-12(10)28-16-9-5-1-3-7-11(9)24(23-16)17-21-14(19)13(25(26)27)15(20)22-17/h1-8H,(H4,19,20,21,22). The van der Waals surface area contributed by atoms with Gasteiger partial charge in [-0.25, -0.2) is 4.39 Å². The average Bonchev–Trinajstić information content (AvgIpc) is 3.01. The van der Waals surface area contributed by atoms with Crippen molar-refractivity contribution in [1.29, 1.82) is 0 Å². The van der Waals surface area contributed by atoms with Crippen molar-refractivity contribution in [3.05, 3.63) is 64.5 Å². The average molecular weight is 397 g/mol. The highest BCUT2D eigenvalue weighted by molar-refractivity contribution is 7.99. The van der Waals surface area contributed by atoms with Gasteiger partial charge in [-0.3, -0.25) is 10.1 Å². The first-order valence-electron chi connectivity index (χ1n) is 7.93. The van der Waals surface area contributed by atoms with Crippen LogP contribution in [-0.2, 0) is 0 Å². The molecular weight excluding hydrogens is 385 g/mol. The number of para-hydroxylation sites is 1. The summed E-state index contributed by atoms with van der Waals surface area (Å²) in [5.41, 5.74) is 11.4. The maximum Gasteiger partial charge on any atom is 0.352 e. The van der Waals surface area contributed by atoms with Gasteiger partial charge in [0.15, 0.2) is 0 Å². The van der Waals surface area contributed by atoms with E-state index in [-0.39, 0.29) is 23.4 Å². The van der Waals surface area contributed by atoms with Crippen LogP contribution in [-0.4, -0.2) is 24.7 Å². The van der Waals surface area contributed by atoms with Crippen LogP contribution in [0.15, 0.2) is 58.5 Å². The Morgan fingerprint density at radius 2 is 1.68 bits per heavy atom. The van der Waals surface area contributed by atoms with Gasteiger partial charge in [-0.2, -0.15) is 19.7 Å². The largest absolute Gasteiger partial charge is 0.378 e. The van der Waals surface area contributed by atoms with E-state index in [2.05, 4.69) is 15.1 Å². The third-order valence-electron chi connectivity index (χ3n) is 3.89. The molecular formula is C17H12FN7O2S. The highest BCUT2D eigenvalue weighted by Crippen LogP contribution is 2.35. The van der Waals surface area contributed by atoms with E-state index < -0.39 is 10.6 Å².